The van der Waals surface area contributed by atoms with Gasteiger partial charge in [-0.25, -0.2) is 4.79 Å². The number of ether oxygens (including phenoxy) is 2. The predicted molar refractivity (Wildman–Crippen MR) is 79.8 cm³/mol. The first-order chi connectivity index (χ1) is 10.2. The summed E-state index contributed by atoms with van der Waals surface area (Å²) in [6.45, 7) is 2.31. The minimum absolute atomic E-state index is 0.0456. The van der Waals surface area contributed by atoms with Gasteiger partial charge in [0.1, 0.15) is 16.8 Å². The van der Waals surface area contributed by atoms with Crippen molar-refractivity contribution in [3.05, 3.63) is 30.0 Å². The summed E-state index contributed by atoms with van der Waals surface area (Å²) >= 11 is 0. The van der Waals surface area contributed by atoms with Crippen LogP contribution in [0.2, 0.25) is 0 Å². The van der Waals surface area contributed by atoms with Crippen molar-refractivity contribution in [2.45, 2.75) is 6.92 Å². The molecule has 6 heteroatoms. The normalized spacial score (nSPS) is 10.4. The van der Waals surface area contributed by atoms with E-state index in [0.717, 1.165) is 5.39 Å². The van der Waals surface area contributed by atoms with E-state index < -0.39 is 5.97 Å². The molecular weight excluding hydrogens is 272 g/mol. The average Bonchev–Trinajstić information content (AvgIpc) is 2.51. The molecule has 1 aromatic carbocycles. The Morgan fingerprint density at radius 1 is 1.43 bits per heavy atom. The number of nitrogens with one attached hydrogen (secondary N) is 1. The second-order valence-electron chi connectivity index (χ2n) is 4.27. The Morgan fingerprint density at radius 2 is 2.24 bits per heavy atom. The second kappa shape index (κ2) is 6.90. The van der Waals surface area contributed by atoms with E-state index in [1.54, 1.807) is 20.1 Å². The SMILES string of the molecule is CCOC(=O)c1cnc2c(OC)cccc2c1NCCO. The van der Waals surface area contributed by atoms with Gasteiger partial charge in [-0.15, -0.1) is 0 Å². The Labute approximate surface area is 122 Å². The zero-order valence-corrected chi connectivity index (χ0v) is 12.0. The highest BCUT2D eigenvalue weighted by molar-refractivity contribution is 6.06. The Bertz CT molecular complexity index is 643. The third-order valence-corrected chi connectivity index (χ3v) is 2.99. The van der Waals surface area contributed by atoms with Gasteiger partial charge in [0.2, 0.25) is 0 Å². The molecule has 21 heavy (non-hydrogen) atoms. The first kappa shape index (κ1) is 15.1. The number of methoxy groups -OCH3 is 1. The number of carbonyl (C=O) groups is 1. The van der Waals surface area contributed by atoms with Crippen molar-refractivity contribution in [2.75, 3.05) is 32.2 Å². The van der Waals surface area contributed by atoms with Crippen molar-refractivity contribution >= 4 is 22.6 Å². The van der Waals surface area contributed by atoms with E-state index in [1.807, 2.05) is 12.1 Å². The fraction of sp³-hybridized carbons (Fsp3) is 0.333. The van der Waals surface area contributed by atoms with Crippen molar-refractivity contribution in [2.24, 2.45) is 0 Å². The number of para-hydroxylation sites is 1. The van der Waals surface area contributed by atoms with Gasteiger partial charge in [-0.05, 0) is 13.0 Å². The fourth-order valence-electron chi connectivity index (χ4n) is 2.10. The van der Waals surface area contributed by atoms with E-state index in [0.29, 0.717) is 29.1 Å². The summed E-state index contributed by atoms with van der Waals surface area (Å²) in [7, 11) is 1.57. The number of aliphatic hydroxyl groups is 1. The Balaban J connectivity index is 2.61. The minimum atomic E-state index is -0.449. The zero-order valence-electron chi connectivity index (χ0n) is 12.0. The van der Waals surface area contributed by atoms with Gasteiger partial charge >= 0.3 is 5.97 Å². The number of hydrogen-bond acceptors (Lipinski definition) is 6. The number of rotatable bonds is 6. The number of aromatic nitrogens is 1. The molecule has 0 aliphatic carbocycles. The molecule has 0 unspecified atom stereocenters. The highest BCUT2D eigenvalue weighted by Crippen LogP contribution is 2.31. The summed E-state index contributed by atoms with van der Waals surface area (Å²) in [5.41, 5.74) is 1.57. The second-order valence-corrected chi connectivity index (χ2v) is 4.27. The summed E-state index contributed by atoms with van der Waals surface area (Å²) in [6, 6.07) is 5.46. The van der Waals surface area contributed by atoms with Crippen molar-refractivity contribution in [1.82, 2.24) is 4.98 Å². The molecule has 0 bridgehead atoms. The third kappa shape index (κ3) is 3.05. The van der Waals surface area contributed by atoms with Crippen LogP contribution in [0.3, 0.4) is 0 Å². The van der Waals surface area contributed by atoms with Crippen LogP contribution >= 0.6 is 0 Å². The maximum atomic E-state index is 12.0. The Kier molecular flexibility index (Phi) is 4.94. The zero-order chi connectivity index (χ0) is 15.2. The largest absolute Gasteiger partial charge is 0.494 e. The summed E-state index contributed by atoms with van der Waals surface area (Å²) < 4.78 is 10.3. The van der Waals surface area contributed by atoms with E-state index in [-0.39, 0.29) is 13.2 Å². The van der Waals surface area contributed by atoms with Crippen molar-refractivity contribution < 1.29 is 19.4 Å². The maximum Gasteiger partial charge on any atom is 0.341 e. The molecule has 0 saturated carbocycles. The number of pyridine rings is 1. The van der Waals surface area contributed by atoms with Crippen LogP contribution in [0, 0.1) is 0 Å². The van der Waals surface area contributed by atoms with Gasteiger partial charge in [-0.1, -0.05) is 12.1 Å². The molecule has 0 radical (unpaired) electrons. The molecule has 2 N–H and O–H groups in total. The Hall–Kier alpha value is -2.34. The van der Waals surface area contributed by atoms with Gasteiger partial charge < -0.3 is 19.9 Å². The highest BCUT2D eigenvalue weighted by Gasteiger charge is 2.17. The summed E-state index contributed by atoms with van der Waals surface area (Å²) in [5, 5.41) is 12.8. The summed E-state index contributed by atoms with van der Waals surface area (Å²) in [4.78, 5) is 16.3. The number of aliphatic hydroxyl groups excluding tert-OH is 1. The van der Waals surface area contributed by atoms with Crippen molar-refractivity contribution in [3.63, 3.8) is 0 Å². The van der Waals surface area contributed by atoms with Crippen LogP contribution in [-0.2, 0) is 4.74 Å². The number of benzene rings is 1. The lowest BCUT2D eigenvalue weighted by molar-refractivity contribution is 0.0527. The average molecular weight is 290 g/mol. The quantitative estimate of drug-likeness (QED) is 0.790. The van der Waals surface area contributed by atoms with Crippen LogP contribution < -0.4 is 10.1 Å². The molecule has 2 aromatic rings. The van der Waals surface area contributed by atoms with Crippen LogP contribution in [-0.4, -0.2) is 42.9 Å². The van der Waals surface area contributed by atoms with Gasteiger partial charge in [0.25, 0.3) is 0 Å². The fourth-order valence-corrected chi connectivity index (χ4v) is 2.10. The van der Waals surface area contributed by atoms with E-state index >= 15 is 0 Å². The van der Waals surface area contributed by atoms with Crippen LogP contribution in [0.25, 0.3) is 10.9 Å². The molecule has 0 aliphatic rings. The predicted octanol–water partition coefficient (Wildman–Crippen LogP) is 1.82. The lowest BCUT2D eigenvalue weighted by atomic mass is 10.1. The van der Waals surface area contributed by atoms with Crippen molar-refractivity contribution in [1.29, 1.82) is 0 Å². The molecular formula is C15H18N2O4. The number of esters is 1. The molecule has 0 spiro atoms. The summed E-state index contributed by atoms with van der Waals surface area (Å²) in [5.74, 6) is 0.171. The monoisotopic (exact) mass is 290 g/mol. The number of fused-ring (bicyclic) bond motifs is 1. The number of anilines is 1. The van der Waals surface area contributed by atoms with Crippen LogP contribution in [0.5, 0.6) is 5.75 Å². The molecule has 0 fully saturated rings. The van der Waals surface area contributed by atoms with Gasteiger partial charge in [0, 0.05) is 18.1 Å². The van der Waals surface area contributed by atoms with Crippen LogP contribution in [0.15, 0.2) is 24.4 Å². The first-order valence-electron chi connectivity index (χ1n) is 6.70. The number of carbonyl (C=O) groups excluding carboxylic acids is 1. The topological polar surface area (TPSA) is 80.7 Å². The minimum Gasteiger partial charge on any atom is -0.494 e. The molecule has 2 rings (SSSR count). The number of hydrogen-bond donors (Lipinski definition) is 2. The molecule has 0 atom stereocenters. The molecule has 112 valence electrons. The molecule has 0 saturated heterocycles. The molecule has 1 heterocycles. The lowest BCUT2D eigenvalue weighted by Crippen LogP contribution is -2.13. The van der Waals surface area contributed by atoms with Crippen molar-refractivity contribution in [3.8, 4) is 5.75 Å². The molecule has 6 nitrogen and oxygen atoms in total. The van der Waals surface area contributed by atoms with E-state index in [9.17, 15) is 4.79 Å². The number of nitrogens with zero attached hydrogens (tertiary/aromatic N) is 1. The lowest BCUT2D eigenvalue weighted by Gasteiger charge is -2.14. The molecule has 0 aliphatic heterocycles. The van der Waals surface area contributed by atoms with Crippen LogP contribution in [0.1, 0.15) is 17.3 Å². The van der Waals surface area contributed by atoms with E-state index in [1.165, 1.54) is 6.20 Å². The maximum absolute atomic E-state index is 12.0. The van der Waals surface area contributed by atoms with Gasteiger partial charge in [0.05, 0.1) is 26.0 Å². The summed E-state index contributed by atoms with van der Waals surface area (Å²) in [6.07, 6.45) is 1.46. The van der Waals surface area contributed by atoms with Crippen LogP contribution in [0.4, 0.5) is 5.69 Å². The smallest absolute Gasteiger partial charge is 0.341 e. The van der Waals surface area contributed by atoms with Gasteiger partial charge in [-0.2, -0.15) is 0 Å². The molecule has 1 aromatic heterocycles. The van der Waals surface area contributed by atoms with Gasteiger partial charge in [0.15, 0.2) is 0 Å². The highest BCUT2D eigenvalue weighted by atomic mass is 16.5. The van der Waals surface area contributed by atoms with Gasteiger partial charge in [-0.3, -0.25) is 4.98 Å². The first-order valence-corrected chi connectivity index (χ1v) is 6.70. The van der Waals surface area contributed by atoms with E-state index in [4.69, 9.17) is 14.6 Å². The Morgan fingerprint density at radius 3 is 2.90 bits per heavy atom. The molecule has 0 amide bonds. The van der Waals surface area contributed by atoms with E-state index in [2.05, 4.69) is 10.3 Å². The standard InChI is InChI=1S/C15H18N2O4/c1-3-21-15(19)11-9-17-14-10(13(11)16-7-8-18)5-4-6-12(14)20-2/h4-6,9,18H,3,7-8H2,1-2H3,(H,16,17). The third-order valence-electron chi connectivity index (χ3n) is 2.99.